The van der Waals surface area contributed by atoms with Crippen LogP contribution in [0.3, 0.4) is 0 Å². The highest BCUT2D eigenvalue weighted by Gasteiger charge is 2.25. The largest absolute Gasteiger partial charge is 0.370 e. The van der Waals surface area contributed by atoms with Crippen molar-refractivity contribution in [1.82, 2.24) is 4.98 Å². The van der Waals surface area contributed by atoms with E-state index in [1.54, 1.807) is 0 Å². The lowest BCUT2D eigenvalue weighted by Gasteiger charge is -2.21. The zero-order valence-corrected chi connectivity index (χ0v) is 16.7. The fraction of sp³-hybridized carbons (Fsp3) is 0.389. The molecule has 0 saturated carbocycles. The molecule has 9 heteroatoms. The van der Waals surface area contributed by atoms with E-state index in [4.69, 9.17) is 17.3 Å². The van der Waals surface area contributed by atoms with Gasteiger partial charge in [-0.25, -0.2) is 13.8 Å². The van der Waals surface area contributed by atoms with E-state index in [1.165, 1.54) is 24.3 Å². The Hall–Kier alpha value is -1.64. The Morgan fingerprint density at radius 1 is 1.37 bits per heavy atom. The molecule has 1 unspecified atom stereocenters. The number of hydrogen-bond donors (Lipinski definition) is 2. The van der Waals surface area contributed by atoms with E-state index >= 15 is 0 Å². The number of benzene rings is 1. The minimum atomic E-state index is -0.833. The summed E-state index contributed by atoms with van der Waals surface area (Å²) in [6.07, 6.45) is 0.961. The highest BCUT2D eigenvalue weighted by molar-refractivity contribution is 8.00. The van der Waals surface area contributed by atoms with Gasteiger partial charge in [0, 0.05) is 19.2 Å². The molecule has 1 aliphatic rings. The summed E-state index contributed by atoms with van der Waals surface area (Å²) in [4.78, 5) is 5.18. The summed E-state index contributed by atoms with van der Waals surface area (Å²) >= 11 is 6.77. The monoisotopic (exact) mass is 418 g/mol. The molecule has 0 radical (unpaired) electrons. The Kier molecular flexibility index (Phi) is 8.07. The van der Waals surface area contributed by atoms with Crippen LogP contribution in [0.2, 0.25) is 5.02 Å². The van der Waals surface area contributed by atoms with Crippen molar-refractivity contribution in [3.63, 3.8) is 0 Å². The number of halogens is 4. The van der Waals surface area contributed by atoms with Crippen LogP contribution < -0.4 is 15.4 Å². The van der Waals surface area contributed by atoms with Crippen LogP contribution in [0, 0.1) is 23.5 Å². The molecule has 1 aliphatic heterocycles. The summed E-state index contributed by atoms with van der Waals surface area (Å²) in [7, 11) is 0. The second-order valence-corrected chi connectivity index (χ2v) is 7.33. The average Bonchev–Trinajstić information content (AvgIpc) is 3.05. The fourth-order valence-electron chi connectivity index (χ4n) is 2.61. The van der Waals surface area contributed by atoms with E-state index in [1.807, 2.05) is 11.8 Å². The maximum Gasteiger partial charge on any atom is 0.214 e. The van der Waals surface area contributed by atoms with E-state index in [9.17, 15) is 13.2 Å². The summed E-state index contributed by atoms with van der Waals surface area (Å²) in [5.41, 5.74) is 5.21. The summed E-state index contributed by atoms with van der Waals surface area (Å²) in [5.74, 6) is -1.62. The van der Waals surface area contributed by atoms with Gasteiger partial charge in [0.25, 0.3) is 0 Å². The number of pyridine rings is 1. The fourth-order valence-corrected chi connectivity index (χ4v) is 3.60. The van der Waals surface area contributed by atoms with Gasteiger partial charge in [-0.3, -0.25) is 0 Å². The van der Waals surface area contributed by atoms with Gasteiger partial charge in [-0.2, -0.15) is 4.39 Å². The first kappa shape index (κ1) is 21.7. The van der Waals surface area contributed by atoms with Crippen molar-refractivity contribution in [3.8, 4) is 0 Å². The Balaban J connectivity index is 0.000000817. The highest BCUT2D eigenvalue weighted by Crippen LogP contribution is 2.38. The SMILES string of the molecule is CC1CCN(c2cc(F)c(SNc3cccc(F)n3)c(F)c2Cl)C1.CCN. The van der Waals surface area contributed by atoms with Crippen molar-refractivity contribution in [3.05, 3.63) is 46.9 Å². The molecule has 3 rings (SSSR count). The van der Waals surface area contributed by atoms with Gasteiger partial charge in [0.15, 0.2) is 5.82 Å². The van der Waals surface area contributed by atoms with Crippen molar-refractivity contribution in [2.45, 2.75) is 25.2 Å². The van der Waals surface area contributed by atoms with Gasteiger partial charge in [-0.05, 0) is 43.0 Å². The number of nitrogens with one attached hydrogen (secondary N) is 1. The van der Waals surface area contributed by atoms with Crippen LogP contribution in [0.15, 0.2) is 29.2 Å². The van der Waals surface area contributed by atoms with Crippen LogP contribution in [0.1, 0.15) is 20.3 Å². The number of nitrogens with zero attached hydrogens (tertiary/aromatic N) is 2. The molecule has 1 aromatic heterocycles. The predicted octanol–water partition coefficient (Wildman–Crippen LogP) is 5.08. The number of nitrogens with two attached hydrogens (primary N) is 1. The van der Waals surface area contributed by atoms with E-state index in [2.05, 4.69) is 16.6 Å². The smallest absolute Gasteiger partial charge is 0.214 e. The van der Waals surface area contributed by atoms with Gasteiger partial charge in [0.2, 0.25) is 5.95 Å². The molecule has 0 spiro atoms. The zero-order valence-electron chi connectivity index (χ0n) is 15.1. The van der Waals surface area contributed by atoms with Gasteiger partial charge in [-0.15, -0.1) is 0 Å². The predicted molar refractivity (Wildman–Crippen MR) is 106 cm³/mol. The molecule has 1 aromatic carbocycles. The van der Waals surface area contributed by atoms with E-state index in [-0.39, 0.29) is 15.7 Å². The molecule has 4 nitrogen and oxygen atoms in total. The maximum absolute atomic E-state index is 14.5. The molecule has 0 aliphatic carbocycles. The van der Waals surface area contributed by atoms with Crippen molar-refractivity contribution in [2.24, 2.45) is 11.7 Å². The van der Waals surface area contributed by atoms with Crippen molar-refractivity contribution in [2.75, 3.05) is 29.3 Å². The second kappa shape index (κ2) is 10.1. The van der Waals surface area contributed by atoms with Crippen LogP contribution in [0.4, 0.5) is 24.7 Å². The lowest BCUT2D eigenvalue weighted by atomic mass is 10.2. The topological polar surface area (TPSA) is 54.2 Å². The lowest BCUT2D eigenvalue weighted by Crippen LogP contribution is -2.20. The molecule has 0 amide bonds. The molecule has 1 saturated heterocycles. The molecule has 1 atom stereocenters. The van der Waals surface area contributed by atoms with Gasteiger partial charge in [0.05, 0.1) is 5.69 Å². The summed E-state index contributed by atoms with van der Waals surface area (Å²) in [6.45, 7) is 6.18. The Labute approximate surface area is 166 Å². The first-order valence-electron chi connectivity index (χ1n) is 8.55. The Morgan fingerprint density at radius 3 is 2.67 bits per heavy atom. The van der Waals surface area contributed by atoms with E-state index < -0.39 is 17.6 Å². The minimum absolute atomic E-state index is 0.109. The average molecular weight is 419 g/mol. The standard InChI is InChI=1S/C16H15ClF3N3S.C2H7N/c1-9-5-6-23(8-9)11-7-10(18)16(15(20)14(11)17)24-22-13-4-2-3-12(19)21-13;1-2-3/h2-4,7,9H,5-6,8H2,1H3,(H,21,22);2-3H2,1H3. The molecule has 2 aromatic rings. The Morgan fingerprint density at radius 2 is 2.07 bits per heavy atom. The maximum atomic E-state index is 14.5. The van der Waals surface area contributed by atoms with Crippen LogP contribution in [-0.4, -0.2) is 24.6 Å². The highest BCUT2D eigenvalue weighted by atomic mass is 35.5. The molecule has 0 bridgehead atoms. The Bertz CT molecular complexity index is 779. The van der Waals surface area contributed by atoms with Crippen LogP contribution >= 0.6 is 23.5 Å². The number of aromatic nitrogens is 1. The quantitative estimate of drug-likeness (QED) is 0.412. The minimum Gasteiger partial charge on any atom is -0.370 e. The molecule has 148 valence electrons. The lowest BCUT2D eigenvalue weighted by molar-refractivity contribution is 0.540. The van der Waals surface area contributed by atoms with Crippen LogP contribution in [0.25, 0.3) is 0 Å². The summed E-state index contributed by atoms with van der Waals surface area (Å²) in [6, 6.07) is 5.36. The van der Waals surface area contributed by atoms with Crippen LogP contribution in [0.5, 0.6) is 0 Å². The van der Waals surface area contributed by atoms with Gasteiger partial charge in [-0.1, -0.05) is 31.5 Å². The molecule has 2 heterocycles. The third kappa shape index (κ3) is 5.67. The number of hydrogen-bond acceptors (Lipinski definition) is 5. The molecule has 1 fully saturated rings. The second-order valence-electron chi connectivity index (χ2n) is 6.13. The van der Waals surface area contributed by atoms with Crippen molar-refractivity contribution >= 4 is 35.1 Å². The third-order valence-corrected chi connectivity index (χ3v) is 5.08. The first-order valence-corrected chi connectivity index (χ1v) is 9.74. The molecule has 27 heavy (non-hydrogen) atoms. The normalized spacial score (nSPS) is 16.1. The third-order valence-electron chi connectivity index (χ3n) is 3.83. The first-order chi connectivity index (χ1) is 12.9. The van der Waals surface area contributed by atoms with E-state index in [0.29, 0.717) is 23.6 Å². The molecular formula is C18H22ClF3N4S. The molecular weight excluding hydrogens is 397 g/mol. The molecule has 3 N–H and O–H groups in total. The number of anilines is 2. The summed E-state index contributed by atoms with van der Waals surface area (Å²) in [5, 5.41) is -0.109. The zero-order chi connectivity index (χ0) is 20.0. The van der Waals surface area contributed by atoms with E-state index in [0.717, 1.165) is 26.1 Å². The number of rotatable bonds is 4. The van der Waals surface area contributed by atoms with Crippen molar-refractivity contribution in [1.29, 1.82) is 0 Å². The summed E-state index contributed by atoms with van der Waals surface area (Å²) < 4.78 is 44.5. The van der Waals surface area contributed by atoms with Crippen molar-refractivity contribution < 1.29 is 13.2 Å². The van der Waals surface area contributed by atoms with Gasteiger partial charge in [0.1, 0.15) is 21.6 Å². The van der Waals surface area contributed by atoms with Gasteiger partial charge >= 0.3 is 0 Å². The van der Waals surface area contributed by atoms with Crippen LogP contribution in [-0.2, 0) is 0 Å². The van der Waals surface area contributed by atoms with Gasteiger partial charge < -0.3 is 15.4 Å².